The van der Waals surface area contributed by atoms with Crippen LogP contribution < -0.4 is 16.4 Å². The fourth-order valence-electron chi connectivity index (χ4n) is 2.92. The summed E-state index contributed by atoms with van der Waals surface area (Å²) in [6.45, 7) is 3.40. The molecule has 2 aromatic carbocycles. The van der Waals surface area contributed by atoms with Crippen LogP contribution in [-0.2, 0) is 11.0 Å². The number of hydrogen-bond acceptors (Lipinski definition) is 3. The summed E-state index contributed by atoms with van der Waals surface area (Å²) in [6.07, 6.45) is -3.12. The third kappa shape index (κ3) is 3.83. The van der Waals surface area contributed by atoms with Crippen molar-refractivity contribution in [2.24, 2.45) is 11.7 Å². The molecule has 141 valence electrons. The molecule has 0 saturated heterocycles. The number of carbonyl (C=O) groups excluding carboxylic acids is 1. The van der Waals surface area contributed by atoms with Gasteiger partial charge >= 0.3 is 6.18 Å². The van der Waals surface area contributed by atoms with Crippen LogP contribution in [0.2, 0.25) is 0 Å². The SMILES string of the molecule is CC(C)C(=O)NC1(N)C=C(c2ccccc2C(F)(F)F)c2ccc[c]c2N1. The Morgan fingerprint density at radius 3 is 2.52 bits per heavy atom. The predicted molar refractivity (Wildman–Crippen MR) is 97.3 cm³/mol. The minimum atomic E-state index is -4.53. The smallest absolute Gasteiger partial charge is 0.346 e. The summed E-state index contributed by atoms with van der Waals surface area (Å²) in [5.74, 6) is -2.21. The molecule has 1 heterocycles. The zero-order valence-corrected chi connectivity index (χ0v) is 14.8. The number of halogens is 3. The lowest BCUT2D eigenvalue weighted by Crippen LogP contribution is -2.62. The number of hydrogen-bond donors (Lipinski definition) is 3. The van der Waals surface area contributed by atoms with Gasteiger partial charge in [0.2, 0.25) is 5.91 Å². The number of alkyl halides is 3. The monoisotopic (exact) mass is 374 g/mol. The van der Waals surface area contributed by atoms with Crippen molar-refractivity contribution in [3.8, 4) is 0 Å². The predicted octanol–water partition coefficient (Wildman–Crippen LogP) is 3.75. The first-order valence-corrected chi connectivity index (χ1v) is 8.40. The van der Waals surface area contributed by atoms with E-state index in [2.05, 4.69) is 16.7 Å². The molecular weight excluding hydrogens is 355 g/mol. The zero-order chi connectivity index (χ0) is 19.8. The molecule has 0 fully saturated rings. The van der Waals surface area contributed by atoms with Crippen molar-refractivity contribution < 1.29 is 18.0 Å². The molecule has 1 radical (unpaired) electrons. The fraction of sp³-hybridized carbons (Fsp3) is 0.250. The van der Waals surface area contributed by atoms with E-state index in [0.717, 1.165) is 6.07 Å². The molecule has 0 aliphatic carbocycles. The van der Waals surface area contributed by atoms with E-state index in [0.29, 0.717) is 11.3 Å². The van der Waals surface area contributed by atoms with Crippen LogP contribution in [0.1, 0.15) is 30.5 Å². The summed E-state index contributed by atoms with van der Waals surface area (Å²) in [6, 6.07) is 13.2. The van der Waals surface area contributed by atoms with E-state index < -0.39 is 17.5 Å². The van der Waals surface area contributed by atoms with Crippen LogP contribution in [0.15, 0.2) is 48.5 Å². The summed E-state index contributed by atoms with van der Waals surface area (Å²) in [7, 11) is 0. The first kappa shape index (κ1) is 19.0. The number of benzene rings is 2. The number of para-hydroxylation sites is 1. The van der Waals surface area contributed by atoms with Gasteiger partial charge in [0.05, 0.1) is 11.3 Å². The van der Waals surface area contributed by atoms with Crippen LogP contribution in [0.5, 0.6) is 0 Å². The van der Waals surface area contributed by atoms with Gasteiger partial charge in [-0.2, -0.15) is 13.2 Å². The molecule has 0 aromatic heterocycles. The minimum absolute atomic E-state index is 0.0130. The van der Waals surface area contributed by atoms with Gasteiger partial charge in [-0.05, 0) is 23.3 Å². The number of amides is 1. The molecule has 27 heavy (non-hydrogen) atoms. The van der Waals surface area contributed by atoms with Crippen LogP contribution >= 0.6 is 0 Å². The maximum atomic E-state index is 13.5. The highest BCUT2D eigenvalue weighted by atomic mass is 19.4. The number of nitrogens with two attached hydrogens (primary N) is 1. The Kier molecular flexibility index (Phi) is 4.73. The molecule has 1 aliphatic rings. The highest BCUT2D eigenvalue weighted by Gasteiger charge is 2.37. The van der Waals surface area contributed by atoms with Gasteiger partial charge in [0, 0.05) is 17.5 Å². The van der Waals surface area contributed by atoms with Crippen molar-refractivity contribution in [2.75, 3.05) is 5.32 Å². The Morgan fingerprint density at radius 2 is 1.85 bits per heavy atom. The number of fused-ring (bicyclic) bond motifs is 1. The molecule has 4 nitrogen and oxygen atoms in total. The van der Waals surface area contributed by atoms with Crippen molar-refractivity contribution in [3.63, 3.8) is 0 Å². The molecule has 1 amide bonds. The fourth-order valence-corrected chi connectivity index (χ4v) is 2.92. The van der Waals surface area contributed by atoms with Gasteiger partial charge in [-0.15, -0.1) is 0 Å². The van der Waals surface area contributed by atoms with E-state index in [1.807, 2.05) is 0 Å². The molecule has 0 saturated carbocycles. The van der Waals surface area contributed by atoms with E-state index >= 15 is 0 Å². The summed E-state index contributed by atoms with van der Waals surface area (Å²) < 4.78 is 40.6. The average molecular weight is 374 g/mol. The van der Waals surface area contributed by atoms with E-state index in [1.165, 1.54) is 24.3 Å². The third-order valence-electron chi connectivity index (χ3n) is 4.23. The lowest BCUT2D eigenvalue weighted by Gasteiger charge is -2.36. The molecule has 1 atom stereocenters. The van der Waals surface area contributed by atoms with Gasteiger partial charge in [0.15, 0.2) is 5.79 Å². The van der Waals surface area contributed by atoms with Gasteiger partial charge in [0.25, 0.3) is 0 Å². The number of carbonyl (C=O) groups is 1. The van der Waals surface area contributed by atoms with Crippen LogP contribution in [0.25, 0.3) is 5.57 Å². The molecular formula is C20H19F3N3O. The van der Waals surface area contributed by atoms with Crippen molar-refractivity contribution in [3.05, 3.63) is 71.3 Å². The van der Waals surface area contributed by atoms with Crippen molar-refractivity contribution in [1.82, 2.24) is 5.32 Å². The summed E-state index contributed by atoms with van der Waals surface area (Å²) in [5.41, 5.74) is 6.71. The number of anilines is 1. The molecule has 1 unspecified atom stereocenters. The quantitative estimate of drug-likeness (QED) is 0.717. The first-order chi connectivity index (χ1) is 12.6. The zero-order valence-electron chi connectivity index (χ0n) is 14.8. The minimum Gasteiger partial charge on any atom is -0.346 e. The summed E-state index contributed by atoms with van der Waals surface area (Å²) in [5, 5.41) is 5.59. The Labute approximate surface area is 155 Å². The second kappa shape index (κ2) is 6.74. The topological polar surface area (TPSA) is 67.2 Å². The summed E-state index contributed by atoms with van der Waals surface area (Å²) >= 11 is 0. The molecule has 2 aromatic rings. The second-order valence-electron chi connectivity index (χ2n) is 6.70. The molecule has 4 N–H and O–H groups in total. The first-order valence-electron chi connectivity index (χ1n) is 8.40. The number of rotatable bonds is 3. The molecule has 3 rings (SSSR count). The molecule has 0 bridgehead atoms. The molecule has 0 spiro atoms. The van der Waals surface area contributed by atoms with Crippen LogP contribution in [-0.4, -0.2) is 11.7 Å². The van der Waals surface area contributed by atoms with Crippen LogP contribution in [0.3, 0.4) is 0 Å². The van der Waals surface area contributed by atoms with E-state index in [-0.39, 0.29) is 23.0 Å². The van der Waals surface area contributed by atoms with E-state index in [4.69, 9.17) is 5.73 Å². The van der Waals surface area contributed by atoms with Crippen molar-refractivity contribution in [2.45, 2.75) is 25.8 Å². The normalized spacial score (nSPS) is 19.1. The van der Waals surface area contributed by atoms with Gasteiger partial charge in [-0.1, -0.05) is 50.2 Å². The Balaban J connectivity index is 2.18. The van der Waals surface area contributed by atoms with Crippen LogP contribution in [0.4, 0.5) is 18.9 Å². The maximum absolute atomic E-state index is 13.5. The summed E-state index contributed by atoms with van der Waals surface area (Å²) in [4.78, 5) is 12.1. The highest BCUT2D eigenvalue weighted by Crippen LogP contribution is 2.41. The van der Waals surface area contributed by atoms with Gasteiger partial charge in [-0.25, -0.2) is 0 Å². The van der Waals surface area contributed by atoms with E-state index in [1.54, 1.807) is 32.0 Å². The molecule has 1 aliphatic heterocycles. The van der Waals surface area contributed by atoms with Crippen LogP contribution in [0, 0.1) is 12.0 Å². The lowest BCUT2D eigenvalue weighted by atomic mass is 9.88. The van der Waals surface area contributed by atoms with Crippen molar-refractivity contribution >= 4 is 17.2 Å². The van der Waals surface area contributed by atoms with Gasteiger partial charge in [0.1, 0.15) is 0 Å². The largest absolute Gasteiger partial charge is 0.417 e. The highest BCUT2D eigenvalue weighted by molar-refractivity contribution is 5.91. The Bertz CT molecular complexity index is 905. The second-order valence-corrected chi connectivity index (χ2v) is 6.70. The van der Waals surface area contributed by atoms with Gasteiger partial charge in [-0.3, -0.25) is 10.5 Å². The lowest BCUT2D eigenvalue weighted by molar-refractivity contribution is -0.137. The third-order valence-corrected chi connectivity index (χ3v) is 4.23. The standard InChI is InChI=1S/C20H19F3N3O/c1-12(2)18(27)26-19(24)11-15(14-8-4-6-10-17(14)25-19)13-7-3-5-9-16(13)20(21,22)23/h3-9,11-12,25H,24H2,1-2H3,(H,26,27). The molecule has 7 heteroatoms. The average Bonchev–Trinajstić information content (AvgIpc) is 2.60. The Hall–Kier alpha value is -2.80. The van der Waals surface area contributed by atoms with E-state index in [9.17, 15) is 18.0 Å². The maximum Gasteiger partial charge on any atom is 0.417 e. The Morgan fingerprint density at radius 1 is 1.19 bits per heavy atom. The number of nitrogens with one attached hydrogen (secondary N) is 2. The van der Waals surface area contributed by atoms with Gasteiger partial charge < -0.3 is 10.6 Å². The van der Waals surface area contributed by atoms with Crippen molar-refractivity contribution in [1.29, 1.82) is 0 Å².